The van der Waals surface area contributed by atoms with E-state index in [0.717, 1.165) is 73.3 Å². The zero-order valence-electron chi connectivity index (χ0n) is 25.5. The Balaban J connectivity index is 1.23. The summed E-state index contributed by atoms with van der Waals surface area (Å²) >= 11 is 0. The molecular weight excluding hydrogens is 536 g/mol. The van der Waals surface area contributed by atoms with E-state index in [1.165, 1.54) is 31.2 Å². The van der Waals surface area contributed by atoms with Gasteiger partial charge in [0.2, 0.25) is 11.8 Å². The highest BCUT2D eigenvalue weighted by molar-refractivity contribution is 6.05. The maximum absolute atomic E-state index is 12.8. The molecule has 3 aliphatic heterocycles. The number of aliphatic imine (C=N–C) groups is 1. The van der Waals surface area contributed by atoms with Crippen molar-refractivity contribution in [2.45, 2.75) is 44.4 Å². The molecule has 2 fully saturated rings. The predicted octanol–water partition coefficient (Wildman–Crippen LogP) is 5.07. The smallest absolute Gasteiger partial charge is 0.225 e. The molecule has 0 spiro atoms. The summed E-state index contributed by atoms with van der Waals surface area (Å²) in [4.78, 5) is 37.5. The van der Waals surface area contributed by atoms with Gasteiger partial charge >= 0.3 is 0 Å². The van der Waals surface area contributed by atoms with Crippen LogP contribution in [-0.2, 0) is 9.59 Å². The van der Waals surface area contributed by atoms with Crippen molar-refractivity contribution in [1.29, 1.82) is 0 Å². The zero-order chi connectivity index (χ0) is 29.8. The molecule has 2 aromatic carbocycles. The molecule has 2 atom stereocenters. The van der Waals surface area contributed by atoms with E-state index in [0.29, 0.717) is 12.8 Å². The molecule has 0 aromatic heterocycles. The second-order valence-corrected chi connectivity index (χ2v) is 12.5. The number of fused-ring (bicyclic) bond motifs is 2. The number of rotatable bonds is 10. The summed E-state index contributed by atoms with van der Waals surface area (Å²) in [6.45, 7) is 5.96. The van der Waals surface area contributed by atoms with Crippen LogP contribution in [0, 0.1) is 5.92 Å². The first-order valence-electron chi connectivity index (χ1n) is 15.9. The van der Waals surface area contributed by atoms with Crippen LogP contribution in [0.3, 0.4) is 0 Å². The number of nitrogens with zero attached hydrogens (tertiary/aromatic N) is 4. The van der Waals surface area contributed by atoms with Crippen molar-refractivity contribution in [3.05, 3.63) is 77.5 Å². The third-order valence-electron chi connectivity index (χ3n) is 9.15. The molecule has 1 aliphatic carbocycles. The van der Waals surface area contributed by atoms with E-state index in [2.05, 4.69) is 61.7 Å². The summed E-state index contributed by atoms with van der Waals surface area (Å²) in [5.74, 6) is 0.179. The summed E-state index contributed by atoms with van der Waals surface area (Å²) in [5.41, 5.74) is 6.82. The zero-order valence-corrected chi connectivity index (χ0v) is 25.5. The molecule has 8 heteroatoms. The summed E-state index contributed by atoms with van der Waals surface area (Å²) in [5, 5.41) is 6.21. The molecule has 2 N–H and O–H groups in total. The number of allylic oxidation sites excluding steroid dienone is 3. The minimum atomic E-state index is 0.0310. The summed E-state index contributed by atoms with van der Waals surface area (Å²) in [7, 11) is 4.10. The third-order valence-corrected chi connectivity index (χ3v) is 9.15. The number of benzene rings is 2. The predicted molar refractivity (Wildman–Crippen MR) is 174 cm³/mol. The van der Waals surface area contributed by atoms with Gasteiger partial charge in [0.15, 0.2) is 0 Å². The quantitative estimate of drug-likeness (QED) is 0.411. The lowest BCUT2D eigenvalue weighted by molar-refractivity contribution is -0.120. The van der Waals surface area contributed by atoms with E-state index in [1.54, 1.807) is 0 Å². The van der Waals surface area contributed by atoms with Gasteiger partial charge in [-0.05, 0) is 99.4 Å². The summed E-state index contributed by atoms with van der Waals surface area (Å²) < 4.78 is 0. The Kier molecular flexibility index (Phi) is 9.05. The van der Waals surface area contributed by atoms with Crippen molar-refractivity contribution in [2.24, 2.45) is 10.9 Å². The number of likely N-dealkylation sites (tertiary alicyclic amines) is 2. The minimum absolute atomic E-state index is 0.0310. The van der Waals surface area contributed by atoms with Gasteiger partial charge in [0.05, 0.1) is 11.4 Å². The molecule has 3 heterocycles. The first kappa shape index (κ1) is 29.3. The molecule has 0 bridgehead atoms. The number of hydrogen-bond acceptors (Lipinski definition) is 6. The highest BCUT2D eigenvalue weighted by Gasteiger charge is 2.34. The van der Waals surface area contributed by atoms with Crippen molar-refractivity contribution in [2.75, 3.05) is 63.6 Å². The monoisotopic (exact) mass is 580 g/mol. The number of amides is 2. The van der Waals surface area contributed by atoms with Crippen LogP contribution in [0.5, 0.6) is 0 Å². The maximum atomic E-state index is 12.8. The van der Waals surface area contributed by atoms with Crippen molar-refractivity contribution >= 4 is 34.6 Å². The average Bonchev–Trinajstić information content (AvgIpc) is 3.73. The molecule has 2 amide bonds. The SMILES string of the molecule is CN(C)c1ccc(C2c3ccc(NC(=O)CCN4CCCC4)cc3N=C3C=C(NC(=O)CCN4CCCC4)C=CC32)cc1. The maximum Gasteiger partial charge on any atom is 0.225 e. The number of carbonyl (C=O) groups excluding carboxylic acids is 2. The molecule has 2 unspecified atom stereocenters. The van der Waals surface area contributed by atoms with Crippen LogP contribution in [0.25, 0.3) is 0 Å². The van der Waals surface area contributed by atoms with Crippen molar-refractivity contribution in [3.8, 4) is 0 Å². The molecule has 2 saturated heterocycles. The first-order chi connectivity index (χ1) is 20.9. The van der Waals surface area contributed by atoms with E-state index in [1.807, 2.05) is 38.4 Å². The van der Waals surface area contributed by atoms with Crippen LogP contribution in [0.2, 0.25) is 0 Å². The lowest BCUT2D eigenvalue weighted by atomic mass is 9.74. The van der Waals surface area contributed by atoms with Gasteiger partial charge in [-0.15, -0.1) is 0 Å². The topological polar surface area (TPSA) is 80.3 Å². The summed E-state index contributed by atoms with van der Waals surface area (Å²) in [6.07, 6.45) is 12.1. The van der Waals surface area contributed by atoms with E-state index < -0.39 is 0 Å². The normalized spacial score (nSPS) is 21.5. The fraction of sp³-hybridized carbons (Fsp3) is 0.457. The second kappa shape index (κ2) is 13.3. The summed E-state index contributed by atoms with van der Waals surface area (Å²) in [6, 6.07) is 14.8. The van der Waals surface area contributed by atoms with Gasteiger partial charge in [-0.2, -0.15) is 0 Å². The standard InChI is InChI=1S/C35H44N6O2/c1-39(2)28-11-7-25(8-12-28)35-29-13-9-26(36-33(42)15-21-40-17-3-4-18-40)23-31(29)38-32-24-27(10-14-30(32)35)37-34(43)16-22-41-19-5-6-20-41/h7-14,23-24,29,35H,3-6,15-22H2,1-2H3,(H,36,42)(H,37,43). The van der Waals surface area contributed by atoms with Gasteiger partial charge in [-0.25, -0.2) is 0 Å². The van der Waals surface area contributed by atoms with Gasteiger partial charge in [0, 0.05) is 68.9 Å². The van der Waals surface area contributed by atoms with Crippen LogP contribution in [0.4, 0.5) is 17.1 Å². The molecular formula is C35H44N6O2. The van der Waals surface area contributed by atoms with Crippen LogP contribution >= 0.6 is 0 Å². The van der Waals surface area contributed by atoms with Gasteiger partial charge < -0.3 is 25.3 Å². The largest absolute Gasteiger partial charge is 0.378 e. The van der Waals surface area contributed by atoms with Crippen LogP contribution < -0.4 is 15.5 Å². The lowest BCUT2D eigenvalue weighted by Crippen LogP contribution is -2.31. The van der Waals surface area contributed by atoms with E-state index in [4.69, 9.17) is 4.99 Å². The second-order valence-electron chi connectivity index (χ2n) is 12.5. The Morgan fingerprint density at radius 3 is 2.12 bits per heavy atom. The van der Waals surface area contributed by atoms with Gasteiger partial charge in [-0.1, -0.05) is 24.3 Å². The van der Waals surface area contributed by atoms with Gasteiger partial charge in [0.1, 0.15) is 0 Å². The number of nitrogens with one attached hydrogen (secondary N) is 2. The Labute approximate surface area is 255 Å². The fourth-order valence-corrected chi connectivity index (χ4v) is 6.74. The third kappa shape index (κ3) is 7.08. The van der Waals surface area contributed by atoms with Crippen LogP contribution in [0.1, 0.15) is 55.6 Å². The van der Waals surface area contributed by atoms with Crippen LogP contribution in [0.15, 0.2) is 71.4 Å². The Bertz CT molecular complexity index is 1410. The van der Waals surface area contributed by atoms with E-state index in [9.17, 15) is 9.59 Å². The first-order valence-corrected chi connectivity index (χ1v) is 15.9. The average molecular weight is 581 g/mol. The highest BCUT2D eigenvalue weighted by Crippen LogP contribution is 2.45. The van der Waals surface area contributed by atoms with E-state index in [-0.39, 0.29) is 23.7 Å². The van der Waals surface area contributed by atoms with E-state index >= 15 is 0 Å². The highest BCUT2D eigenvalue weighted by atomic mass is 16.2. The molecule has 226 valence electrons. The van der Waals surface area contributed by atoms with Crippen molar-refractivity contribution in [1.82, 2.24) is 15.1 Å². The number of hydrogen-bond donors (Lipinski definition) is 2. The fourth-order valence-electron chi connectivity index (χ4n) is 6.74. The minimum Gasteiger partial charge on any atom is -0.378 e. The molecule has 43 heavy (non-hydrogen) atoms. The molecule has 0 saturated carbocycles. The molecule has 2 aromatic rings. The molecule has 4 aliphatic rings. The molecule has 8 nitrogen and oxygen atoms in total. The Hall–Kier alpha value is -3.75. The van der Waals surface area contributed by atoms with Crippen molar-refractivity contribution < 1.29 is 9.59 Å². The Morgan fingerprint density at radius 1 is 0.860 bits per heavy atom. The molecule has 6 rings (SSSR count). The molecule has 0 radical (unpaired) electrons. The van der Waals surface area contributed by atoms with Gasteiger partial charge in [0.25, 0.3) is 0 Å². The van der Waals surface area contributed by atoms with Crippen LogP contribution in [-0.4, -0.2) is 80.7 Å². The number of carbonyl (C=O) groups is 2. The van der Waals surface area contributed by atoms with Crippen molar-refractivity contribution in [3.63, 3.8) is 0 Å². The number of anilines is 2. The lowest BCUT2D eigenvalue weighted by Gasteiger charge is -2.33. The van der Waals surface area contributed by atoms with Gasteiger partial charge in [-0.3, -0.25) is 14.6 Å². The Morgan fingerprint density at radius 2 is 1.49 bits per heavy atom.